The molecule has 0 aliphatic heterocycles. The summed E-state index contributed by atoms with van der Waals surface area (Å²) < 4.78 is 22.5. The lowest BCUT2D eigenvalue weighted by Crippen LogP contribution is -2.34. The van der Waals surface area contributed by atoms with Crippen LogP contribution in [0.5, 0.6) is 0 Å². The predicted octanol–water partition coefficient (Wildman–Crippen LogP) is 0.0966. The Hall–Kier alpha value is -1.31. The molecule has 0 aliphatic carbocycles. The number of carboxylic acids is 1. The van der Waals surface area contributed by atoms with Crippen molar-refractivity contribution < 1.29 is 23.1 Å². The topological polar surface area (TPSA) is 103 Å². The number of anilines is 1. The molecule has 1 amide bonds. The maximum atomic E-state index is 11.5. The quantitative estimate of drug-likeness (QED) is 0.827. The first-order valence-electron chi connectivity index (χ1n) is 4.85. The number of aliphatic carboxylic acids is 1. The molecule has 1 aromatic rings. The predicted molar refractivity (Wildman–Crippen MR) is 68.8 cm³/mol. The molecule has 0 bridgehead atoms. The highest BCUT2D eigenvalue weighted by Gasteiger charge is 2.17. The van der Waals surface area contributed by atoms with Crippen LogP contribution in [-0.2, 0) is 19.4 Å². The van der Waals surface area contributed by atoms with Gasteiger partial charge in [-0.25, -0.2) is 8.42 Å². The summed E-state index contributed by atoms with van der Waals surface area (Å²) in [4.78, 5) is 21.7. The van der Waals surface area contributed by atoms with Gasteiger partial charge in [0.15, 0.2) is 9.84 Å². The number of hydrogen-bond donors (Lipinski definition) is 1. The summed E-state index contributed by atoms with van der Waals surface area (Å²) in [5.41, 5.74) is 0.141. The number of nitrogens with one attached hydrogen (secondary N) is 1. The van der Waals surface area contributed by atoms with E-state index in [-0.39, 0.29) is 10.7 Å². The van der Waals surface area contributed by atoms with Gasteiger partial charge in [-0.1, -0.05) is 23.2 Å². The molecule has 0 atom stereocenters. The number of hydrogen-bond acceptors (Lipinski definition) is 5. The highest BCUT2D eigenvalue weighted by molar-refractivity contribution is 7.92. The lowest BCUT2D eigenvalue weighted by atomic mass is 10.3. The Kier molecular flexibility index (Phi) is 5.16. The SMILES string of the molecule is O=C([O-])CS(=O)(=O)CC(=O)Nc1cc(Cl)ccc1Cl. The fourth-order valence-corrected chi connectivity index (χ4v) is 2.48. The minimum absolute atomic E-state index is 0.141. The Morgan fingerprint density at radius 2 is 1.84 bits per heavy atom. The summed E-state index contributed by atoms with van der Waals surface area (Å²) in [7, 11) is -4.07. The molecule has 0 saturated heterocycles. The molecule has 1 aromatic carbocycles. The second-order valence-corrected chi connectivity index (χ2v) is 6.48. The summed E-state index contributed by atoms with van der Waals surface area (Å²) >= 11 is 11.5. The summed E-state index contributed by atoms with van der Waals surface area (Å²) in [5, 5.41) is 12.9. The summed E-state index contributed by atoms with van der Waals surface area (Å²) in [6.45, 7) is 0. The average Bonchev–Trinajstić information content (AvgIpc) is 2.20. The highest BCUT2D eigenvalue weighted by atomic mass is 35.5. The maximum absolute atomic E-state index is 11.5. The van der Waals surface area contributed by atoms with Gasteiger partial charge in [-0.3, -0.25) is 4.79 Å². The van der Waals surface area contributed by atoms with Crippen molar-refractivity contribution >= 4 is 50.6 Å². The van der Waals surface area contributed by atoms with E-state index < -0.39 is 33.2 Å². The first-order valence-corrected chi connectivity index (χ1v) is 7.42. The van der Waals surface area contributed by atoms with Crippen molar-refractivity contribution in [3.8, 4) is 0 Å². The minimum Gasteiger partial charge on any atom is -0.549 e. The Labute approximate surface area is 119 Å². The molecule has 0 aromatic heterocycles. The lowest BCUT2D eigenvalue weighted by Gasteiger charge is -2.08. The van der Waals surface area contributed by atoms with Gasteiger partial charge in [0.2, 0.25) is 5.91 Å². The molecule has 9 heteroatoms. The van der Waals surface area contributed by atoms with E-state index in [9.17, 15) is 23.1 Å². The van der Waals surface area contributed by atoms with Gasteiger partial charge in [-0.15, -0.1) is 0 Å². The number of carbonyl (C=O) groups excluding carboxylic acids is 2. The zero-order valence-corrected chi connectivity index (χ0v) is 11.7. The Morgan fingerprint density at radius 1 is 1.21 bits per heavy atom. The first-order chi connectivity index (χ1) is 8.69. The smallest absolute Gasteiger partial charge is 0.239 e. The van der Waals surface area contributed by atoms with Crippen LogP contribution >= 0.6 is 23.2 Å². The summed E-state index contributed by atoms with van der Waals surface area (Å²) in [6.07, 6.45) is 0. The number of sulfone groups is 1. The molecule has 0 aliphatic rings. The largest absolute Gasteiger partial charge is 0.549 e. The molecule has 0 heterocycles. The monoisotopic (exact) mass is 324 g/mol. The molecule has 0 unspecified atom stereocenters. The van der Waals surface area contributed by atoms with Crippen molar-refractivity contribution in [1.29, 1.82) is 0 Å². The van der Waals surface area contributed by atoms with Gasteiger partial charge in [-0.2, -0.15) is 0 Å². The van der Waals surface area contributed by atoms with Crippen LogP contribution in [0.1, 0.15) is 0 Å². The second-order valence-electron chi connectivity index (χ2n) is 3.58. The van der Waals surface area contributed by atoms with Crippen LogP contribution in [0.2, 0.25) is 10.0 Å². The second kappa shape index (κ2) is 6.23. The lowest BCUT2D eigenvalue weighted by molar-refractivity contribution is -0.301. The number of carboxylic acid groups (broad SMARTS) is 1. The Bertz CT molecular complexity index is 614. The van der Waals surface area contributed by atoms with Crippen molar-refractivity contribution in [3.05, 3.63) is 28.2 Å². The van der Waals surface area contributed by atoms with Crippen molar-refractivity contribution in [1.82, 2.24) is 0 Å². The molecule has 104 valence electrons. The fourth-order valence-electron chi connectivity index (χ4n) is 1.21. The van der Waals surface area contributed by atoms with Crippen molar-refractivity contribution in [3.63, 3.8) is 0 Å². The molecule has 6 nitrogen and oxygen atoms in total. The van der Waals surface area contributed by atoms with E-state index in [2.05, 4.69) is 5.32 Å². The molecule has 0 radical (unpaired) electrons. The molecular weight excluding hydrogens is 317 g/mol. The van der Waals surface area contributed by atoms with Gasteiger partial charge in [0.1, 0.15) is 5.75 Å². The van der Waals surface area contributed by atoms with Gasteiger partial charge in [0, 0.05) is 5.02 Å². The van der Waals surface area contributed by atoms with E-state index in [1.165, 1.54) is 18.2 Å². The number of rotatable bonds is 5. The molecule has 0 spiro atoms. The van der Waals surface area contributed by atoms with Crippen molar-refractivity contribution in [2.75, 3.05) is 16.8 Å². The standard InChI is InChI=1S/C10H9Cl2NO5S/c11-6-1-2-7(12)8(3-6)13-9(14)4-19(17,18)5-10(15)16/h1-3H,4-5H2,(H,13,14)(H,15,16)/p-1. The molecule has 0 fully saturated rings. The number of amides is 1. The van der Waals surface area contributed by atoms with E-state index >= 15 is 0 Å². The van der Waals surface area contributed by atoms with E-state index in [1.54, 1.807) is 0 Å². The number of halogens is 2. The average molecular weight is 325 g/mol. The normalized spacial score (nSPS) is 11.1. The Morgan fingerprint density at radius 3 is 2.42 bits per heavy atom. The van der Waals surface area contributed by atoms with E-state index in [0.29, 0.717) is 5.02 Å². The molecule has 19 heavy (non-hydrogen) atoms. The minimum atomic E-state index is -4.07. The van der Waals surface area contributed by atoms with Crippen LogP contribution in [0.25, 0.3) is 0 Å². The van der Waals surface area contributed by atoms with Crippen molar-refractivity contribution in [2.24, 2.45) is 0 Å². The van der Waals surface area contributed by atoms with E-state index in [0.717, 1.165) is 0 Å². The van der Waals surface area contributed by atoms with Gasteiger partial charge in [0.25, 0.3) is 0 Å². The number of benzene rings is 1. The third-order valence-corrected chi connectivity index (χ3v) is 3.83. The summed E-state index contributed by atoms with van der Waals surface area (Å²) in [6, 6.07) is 4.26. The van der Waals surface area contributed by atoms with Gasteiger partial charge < -0.3 is 15.2 Å². The van der Waals surface area contributed by atoms with Crippen LogP contribution < -0.4 is 10.4 Å². The molecule has 0 saturated carbocycles. The molecular formula is C10H8Cl2NO5S-. The highest BCUT2D eigenvalue weighted by Crippen LogP contribution is 2.25. The summed E-state index contributed by atoms with van der Waals surface area (Å²) in [5.74, 6) is -4.88. The van der Waals surface area contributed by atoms with E-state index in [1.807, 2.05) is 0 Å². The third-order valence-electron chi connectivity index (χ3n) is 1.89. The molecule has 1 rings (SSSR count). The van der Waals surface area contributed by atoms with Crippen LogP contribution in [0.15, 0.2) is 18.2 Å². The van der Waals surface area contributed by atoms with Crippen LogP contribution in [0.4, 0.5) is 5.69 Å². The zero-order chi connectivity index (χ0) is 14.6. The van der Waals surface area contributed by atoms with Crippen LogP contribution in [0.3, 0.4) is 0 Å². The zero-order valence-electron chi connectivity index (χ0n) is 9.35. The van der Waals surface area contributed by atoms with Crippen LogP contribution in [0, 0.1) is 0 Å². The third kappa shape index (κ3) is 5.46. The maximum Gasteiger partial charge on any atom is 0.239 e. The number of carbonyl (C=O) groups is 2. The van der Waals surface area contributed by atoms with E-state index in [4.69, 9.17) is 23.2 Å². The van der Waals surface area contributed by atoms with Gasteiger partial charge in [-0.05, 0) is 18.2 Å². The van der Waals surface area contributed by atoms with Crippen molar-refractivity contribution in [2.45, 2.75) is 0 Å². The van der Waals surface area contributed by atoms with Gasteiger partial charge in [0.05, 0.1) is 22.4 Å². The van der Waals surface area contributed by atoms with Crippen LogP contribution in [-0.4, -0.2) is 31.8 Å². The van der Waals surface area contributed by atoms with Gasteiger partial charge >= 0.3 is 0 Å². The first kappa shape index (κ1) is 15.7. The molecule has 1 N–H and O–H groups in total. The fraction of sp³-hybridized carbons (Fsp3) is 0.200. The Balaban J connectivity index is 2.76.